The van der Waals surface area contributed by atoms with Crippen LogP contribution in [0.3, 0.4) is 0 Å². The van der Waals surface area contributed by atoms with Crippen LogP contribution in [0.2, 0.25) is 0 Å². The Morgan fingerprint density at radius 1 is 1.32 bits per heavy atom. The summed E-state index contributed by atoms with van der Waals surface area (Å²) in [6, 6.07) is 9.15. The fourth-order valence-electron chi connectivity index (χ4n) is 1.77. The van der Waals surface area contributed by atoms with Gasteiger partial charge in [-0.15, -0.1) is 0 Å². The minimum absolute atomic E-state index is 0.213. The number of aromatic nitrogens is 2. The first kappa shape index (κ1) is 13.1. The second kappa shape index (κ2) is 6.04. The minimum atomic E-state index is -0.213. The molecule has 2 amide bonds. The molecule has 0 fully saturated rings. The lowest BCUT2D eigenvalue weighted by atomic mass is 10.2. The Morgan fingerprint density at radius 2 is 2.05 bits per heavy atom. The highest BCUT2D eigenvalue weighted by Crippen LogP contribution is 2.06. The second-order valence-electron chi connectivity index (χ2n) is 4.27. The van der Waals surface area contributed by atoms with Crippen molar-refractivity contribution in [3.05, 3.63) is 47.8 Å². The van der Waals surface area contributed by atoms with Gasteiger partial charge in [-0.2, -0.15) is 5.10 Å². The van der Waals surface area contributed by atoms with Crippen LogP contribution in [0.4, 0.5) is 10.5 Å². The highest BCUT2D eigenvalue weighted by molar-refractivity contribution is 5.89. The quantitative estimate of drug-likeness (QED) is 0.885. The highest BCUT2D eigenvalue weighted by atomic mass is 16.2. The summed E-state index contributed by atoms with van der Waals surface area (Å²) >= 11 is 0. The molecular weight excluding hydrogens is 240 g/mol. The predicted molar refractivity (Wildman–Crippen MR) is 74.9 cm³/mol. The number of urea groups is 1. The first-order chi connectivity index (χ1) is 9.19. The van der Waals surface area contributed by atoms with E-state index >= 15 is 0 Å². The van der Waals surface area contributed by atoms with Crippen LogP contribution in [0, 0.1) is 6.92 Å². The van der Waals surface area contributed by atoms with Gasteiger partial charge in [-0.3, -0.25) is 4.68 Å². The molecule has 1 heterocycles. The molecule has 2 N–H and O–H groups in total. The number of carbonyl (C=O) groups is 1. The van der Waals surface area contributed by atoms with Crippen molar-refractivity contribution in [1.29, 1.82) is 0 Å². The van der Waals surface area contributed by atoms with Gasteiger partial charge >= 0.3 is 6.03 Å². The van der Waals surface area contributed by atoms with E-state index in [1.165, 1.54) is 0 Å². The Bertz CT molecular complexity index is 548. The van der Waals surface area contributed by atoms with Crippen LogP contribution in [-0.4, -0.2) is 15.8 Å². The average molecular weight is 258 g/mol. The molecule has 19 heavy (non-hydrogen) atoms. The van der Waals surface area contributed by atoms with Crippen LogP contribution in [0.25, 0.3) is 0 Å². The fourth-order valence-corrected chi connectivity index (χ4v) is 1.77. The molecule has 0 atom stereocenters. The predicted octanol–water partition coefficient (Wildman–Crippen LogP) is 2.53. The van der Waals surface area contributed by atoms with E-state index in [9.17, 15) is 4.79 Å². The first-order valence-corrected chi connectivity index (χ1v) is 6.32. The van der Waals surface area contributed by atoms with E-state index in [2.05, 4.69) is 15.7 Å². The Kier molecular flexibility index (Phi) is 4.18. The van der Waals surface area contributed by atoms with Crippen molar-refractivity contribution in [1.82, 2.24) is 15.1 Å². The van der Waals surface area contributed by atoms with Crippen LogP contribution < -0.4 is 10.6 Å². The zero-order valence-electron chi connectivity index (χ0n) is 11.2. The van der Waals surface area contributed by atoms with Crippen molar-refractivity contribution in [2.45, 2.75) is 26.9 Å². The van der Waals surface area contributed by atoms with Gasteiger partial charge in [0, 0.05) is 30.5 Å². The van der Waals surface area contributed by atoms with Gasteiger partial charge in [0.25, 0.3) is 0 Å². The maximum atomic E-state index is 11.7. The Morgan fingerprint density at radius 3 is 2.68 bits per heavy atom. The molecule has 1 aromatic carbocycles. The van der Waals surface area contributed by atoms with Crippen molar-refractivity contribution < 1.29 is 4.79 Å². The first-order valence-electron chi connectivity index (χ1n) is 6.32. The zero-order chi connectivity index (χ0) is 13.7. The van der Waals surface area contributed by atoms with Gasteiger partial charge in [0.05, 0.1) is 5.69 Å². The smallest absolute Gasteiger partial charge is 0.319 e. The molecule has 5 heteroatoms. The summed E-state index contributed by atoms with van der Waals surface area (Å²) in [7, 11) is 0. The molecule has 0 aliphatic carbocycles. The van der Waals surface area contributed by atoms with E-state index in [1.807, 2.05) is 55.1 Å². The van der Waals surface area contributed by atoms with E-state index < -0.39 is 0 Å². The molecule has 0 spiro atoms. The molecular formula is C14H18N4O. The van der Waals surface area contributed by atoms with Crippen LogP contribution in [0.5, 0.6) is 0 Å². The van der Waals surface area contributed by atoms with E-state index in [0.717, 1.165) is 23.5 Å². The van der Waals surface area contributed by atoms with Crippen molar-refractivity contribution >= 4 is 11.7 Å². The molecule has 2 rings (SSSR count). The monoisotopic (exact) mass is 258 g/mol. The molecule has 0 bridgehead atoms. The van der Waals surface area contributed by atoms with Gasteiger partial charge in [-0.05, 0) is 26.0 Å². The van der Waals surface area contributed by atoms with Crippen LogP contribution in [0.1, 0.15) is 18.2 Å². The number of rotatable bonds is 4. The lowest BCUT2D eigenvalue weighted by Crippen LogP contribution is -2.28. The summed E-state index contributed by atoms with van der Waals surface area (Å²) in [6.45, 7) is 5.28. The second-order valence-corrected chi connectivity index (χ2v) is 4.27. The van der Waals surface area contributed by atoms with E-state index in [1.54, 1.807) is 0 Å². The normalized spacial score (nSPS) is 10.2. The molecule has 1 aromatic heterocycles. The third-order valence-electron chi connectivity index (χ3n) is 2.84. The highest BCUT2D eigenvalue weighted by Gasteiger charge is 2.06. The van der Waals surface area contributed by atoms with Crippen LogP contribution in [-0.2, 0) is 13.1 Å². The zero-order valence-corrected chi connectivity index (χ0v) is 11.2. The molecule has 2 aromatic rings. The number of hydrogen-bond donors (Lipinski definition) is 2. The largest absolute Gasteiger partial charge is 0.334 e. The van der Waals surface area contributed by atoms with E-state index in [4.69, 9.17) is 0 Å². The third kappa shape index (κ3) is 3.58. The van der Waals surface area contributed by atoms with E-state index in [0.29, 0.717) is 6.54 Å². The van der Waals surface area contributed by atoms with Gasteiger partial charge in [0.2, 0.25) is 0 Å². The number of nitrogens with one attached hydrogen (secondary N) is 2. The molecule has 0 saturated carbocycles. The Hall–Kier alpha value is -2.30. The van der Waals surface area contributed by atoms with Gasteiger partial charge < -0.3 is 10.6 Å². The topological polar surface area (TPSA) is 59.0 Å². The number of hydrogen-bond acceptors (Lipinski definition) is 2. The number of benzene rings is 1. The van der Waals surface area contributed by atoms with Crippen molar-refractivity contribution in [3.8, 4) is 0 Å². The maximum absolute atomic E-state index is 11.7. The van der Waals surface area contributed by atoms with Crippen molar-refractivity contribution in [2.24, 2.45) is 0 Å². The van der Waals surface area contributed by atoms with E-state index in [-0.39, 0.29) is 6.03 Å². The Labute approximate surface area is 112 Å². The summed E-state index contributed by atoms with van der Waals surface area (Å²) < 4.78 is 1.86. The van der Waals surface area contributed by atoms with Crippen LogP contribution >= 0.6 is 0 Å². The molecule has 0 unspecified atom stereocenters. The van der Waals surface area contributed by atoms with Crippen molar-refractivity contribution in [2.75, 3.05) is 5.32 Å². The Balaban J connectivity index is 1.88. The average Bonchev–Trinajstić information content (AvgIpc) is 2.78. The maximum Gasteiger partial charge on any atom is 0.319 e. The van der Waals surface area contributed by atoms with Gasteiger partial charge in [-0.25, -0.2) is 4.79 Å². The lowest BCUT2D eigenvalue weighted by molar-refractivity contribution is 0.251. The number of anilines is 1. The van der Waals surface area contributed by atoms with Crippen LogP contribution in [0.15, 0.2) is 36.5 Å². The summed E-state index contributed by atoms with van der Waals surface area (Å²) in [4.78, 5) is 11.7. The summed E-state index contributed by atoms with van der Waals surface area (Å²) in [5, 5.41) is 9.93. The molecule has 0 saturated heterocycles. The minimum Gasteiger partial charge on any atom is -0.334 e. The van der Waals surface area contributed by atoms with Crippen molar-refractivity contribution in [3.63, 3.8) is 0 Å². The molecule has 100 valence electrons. The number of nitrogens with zero attached hydrogens (tertiary/aromatic N) is 2. The standard InChI is InChI=1S/C14H18N4O/c1-3-18-10-12(11(2)17-18)9-15-14(19)16-13-7-5-4-6-8-13/h4-8,10H,3,9H2,1-2H3,(H2,15,16,19). The molecule has 0 aliphatic heterocycles. The fraction of sp³-hybridized carbons (Fsp3) is 0.286. The van der Waals surface area contributed by atoms with Gasteiger partial charge in [0.15, 0.2) is 0 Å². The number of amides is 2. The number of para-hydroxylation sites is 1. The summed E-state index contributed by atoms with van der Waals surface area (Å²) in [5.74, 6) is 0. The molecule has 5 nitrogen and oxygen atoms in total. The molecule has 0 aliphatic rings. The third-order valence-corrected chi connectivity index (χ3v) is 2.84. The number of aryl methyl sites for hydroxylation is 2. The lowest BCUT2D eigenvalue weighted by Gasteiger charge is -2.06. The number of carbonyl (C=O) groups excluding carboxylic acids is 1. The SMILES string of the molecule is CCn1cc(CNC(=O)Nc2ccccc2)c(C)n1. The summed E-state index contributed by atoms with van der Waals surface area (Å²) in [6.07, 6.45) is 1.96. The summed E-state index contributed by atoms with van der Waals surface area (Å²) in [5.41, 5.74) is 2.76. The van der Waals surface area contributed by atoms with Gasteiger partial charge in [-0.1, -0.05) is 18.2 Å². The molecule has 0 radical (unpaired) electrons. The van der Waals surface area contributed by atoms with Gasteiger partial charge in [0.1, 0.15) is 0 Å².